The van der Waals surface area contributed by atoms with E-state index in [1.807, 2.05) is 68.1 Å². The SMILES string of the molecule is Cc1ccc(CNC(=O)c2ccc3c(c2)N(CCc2ccccc2)C(=O)C3(C)C)o1. The topological polar surface area (TPSA) is 62.6 Å². The Kier molecular flexibility index (Phi) is 5.20. The van der Waals surface area contributed by atoms with Gasteiger partial charge in [0.2, 0.25) is 5.91 Å². The Morgan fingerprint density at radius 1 is 1.07 bits per heavy atom. The highest BCUT2D eigenvalue weighted by Gasteiger charge is 2.43. The molecule has 0 atom stereocenters. The molecule has 3 aromatic rings. The van der Waals surface area contributed by atoms with Crippen LogP contribution in [0.4, 0.5) is 5.69 Å². The minimum atomic E-state index is -0.604. The van der Waals surface area contributed by atoms with Gasteiger partial charge in [-0.2, -0.15) is 0 Å². The predicted molar refractivity (Wildman–Crippen MR) is 117 cm³/mol. The largest absolute Gasteiger partial charge is 0.465 e. The van der Waals surface area contributed by atoms with Crippen molar-refractivity contribution in [2.45, 2.75) is 39.2 Å². The fraction of sp³-hybridized carbons (Fsp3) is 0.280. The van der Waals surface area contributed by atoms with Crippen molar-refractivity contribution in [1.82, 2.24) is 5.32 Å². The zero-order valence-corrected chi connectivity index (χ0v) is 17.6. The number of nitrogens with zero attached hydrogens (tertiary/aromatic N) is 1. The first-order valence-electron chi connectivity index (χ1n) is 10.2. The third-order valence-corrected chi connectivity index (χ3v) is 5.69. The average molecular weight is 402 g/mol. The molecule has 5 nitrogen and oxygen atoms in total. The zero-order chi connectivity index (χ0) is 21.3. The van der Waals surface area contributed by atoms with Gasteiger partial charge in [-0.1, -0.05) is 36.4 Å². The number of rotatable bonds is 6. The van der Waals surface area contributed by atoms with Crippen LogP contribution in [0.3, 0.4) is 0 Å². The second kappa shape index (κ2) is 7.82. The molecule has 0 saturated heterocycles. The first kappa shape index (κ1) is 20.0. The van der Waals surface area contributed by atoms with Crippen LogP contribution < -0.4 is 10.2 Å². The lowest BCUT2D eigenvalue weighted by atomic mass is 9.86. The fourth-order valence-electron chi connectivity index (χ4n) is 3.94. The minimum absolute atomic E-state index is 0.0667. The summed E-state index contributed by atoms with van der Waals surface area (Å²) in [6.45, 7) is 6.65. The van der Waals surface area contributed by atoms with Crippen molar-refractivity contribution >= 4 is 17.5 Å². The molecule has 2 heterocycles. The molecule has 2 amide bonds. The number of furan rings is 1. The van der Waals surface area contributed by atoms with E-state index in [1.54, 1.807) is 6.07 Å². The summed E-state index contributed by atoms with van der Waals surface area (Å²) in [6.07, 6.45) is 0.760. The number of nitrogens with one attached hydrogen (secondary N) is 1. The lowest BCUT2D eigenvalue weighted by molar-refractivity contribution is -0.122. The number of carbonyl (C=O) groups excluding carboxylic acids is 2. The molecule has 30 heavy (non-hydrogen) atoms. The summed E-state index contributed by atoms with van der Waals surface area (Å²) < 4.78 is 5.51. The van der Waals surface area contributed by atoms with Crippen molar-refractivity contribution in [3.05, 3.63) is 88.9 Å². The summed E-state index contributed by atoms with van der Waals surface area (Å²) in [5, 5.41) is 2.89. The van der Waals surface area contributed by atoms with Gasteiger partial charge in [-0.15, -0.1) is 0 Å². The number of benzene rings is 2. The van der Waals surface area contributed by atoms with Crippen LogP contribution in [0, 0.1) is 6.92 Å². The molecule has 2 aromatic carbocycles. The summed E-state index contributed by atoms with van der Waals surface area (Å²) in [5.41, 5.74) is 2.89. The Labute approximate surface area is 176 Å². The van der Waals surface area contributed by atoms with Crippen LogP contribution in [0.25, 0.3) is 0 Å². The first-order valence-corrected chi connectivity index (χ1v) is 10.2. The summed E-state index contributed by atoms with van der Waals surface area (Å²) in [5.74, 6) is 1.40. The van der Waals surface area contributed by atoms with Gasteiger partial charge < -0.3 is 14.6 Å². The molecule has 0 radical (unpaired) electrons. The van der Waals surface area contributed by atoms with Gasteiger partial charge in [0.1, 0.15) is 11.5 Å². The van der Waals surface area contributed by atoms with Crippen molar-refractivity contribution in [3.63, 3.8) is 0 Å². The molecule has 0 unspecified atom stereocenters. The van der Waals surface area contributed by atoms with Gasteiger partial charge >= 0.3 is 0 Å². The molecule has 1 aromatic heterocycles. The summed E-state index contributed by atoms with van der Waals surface area (Å²) in [4.78, 5) is 27.6. The molecular weight excluding hydrogens is 376 g/mol. The monoisotopic (exact) mass is 402 g/mol. The van der Waals surface area contributed by atoms with Gasteiger partial charge in [0.05, 0.1) is 12.0 Å². The highest BCUT2D eigenvalue weighted by molar-refractivity contribution is 6.09. The van der Waals surface area contributed by atoms with Gasteiger partial charge in [-0.05, 0) is 62.6 Å². The Bertz CT molecular complexity index is 1080. The van der Waals surface area contributed by atoms with E-state index >= 15 is 0 Å². The molecule has 0 fully saturated rings. The second-order valence-corrected chi connectivity index (χ2v) is 8.24. The number of amides is 2. The number of carbonyl (C=O) groups is 2. The van der Waals surface area contributed by atoms with Gasteiger partial charge in [-0.25, -0.2) is 0 Å². The van der Waals surface area contributed by atoms with Crippen LogP contribution in [-0.4, -0.2) is 18.4 Å². The Morgan fingerprint density at radius 3 is 2.53 bits per heavy atom. The minimum Gasteiger partial charge on any atom is -0.465 e. The molecule has 4 rings (SSSR count). The van der Waals surface area contributed by atoms with Crippen LogP contribution in [0.1, 0.15) is 46.9 Å². The summed E-state index contributed by atoms with van der Waals surface area (Å²) >= 11 is 0. The molecule has 0 aliphatic carbocycles. The maximum atomic E-state index is 13.1. The molecule has 0 saturated carbocycles. The van der Waals surface area contributed by atoms with Crippen LogP contribution in [0.15, 0.2) is 65.1 Å². The van der Waals surface area contributed by atoms with E-state index in [9.17, 15) is 9.59 Å². The Balaban J connectivity index is 1.54. The third kappa shape index (κ3) is 3.75. The van der Waals surface area contributed by atoms with Crippen molar-refractivity contribution in [3.8, 4) is 0 Å². The van der Waals surface area contributed by atoms with Gasteiger partial charge in [0.15, 0.2) is 0 Å². The second-order valence-electron chi connectivity index (χ2n) is 8.24. The quantitative estimate of drug-likeness (QED) is 0.665. The average Bonchev–Trinajstić information content (AvgIpc) is 3.24. The molecule has 154 valence electrons. The zero-order valence-electron chi connectivity index (χ0n) is 17.6. The highest BCUT2D eigenvalue weighted by Crippen LogP contribution is 2.42. The normalized spacial score (nSPS) is 14.6. The van der Waals surface area contributed by atoms with Crippen LogP contribution >= 0.6 is 0 Å². The fourth-order valence-corrected chi connectivity index (χ4v) is 3.94. The maximum absolute atomic E-state index is 13.1. The number of fused-ring (bicyclic) bond motifs is 1. The lowest BCUT2D eigenvalue weighted by Crippen LogP contribution is -2.37. The van der Waals surface area contributed by atoms with Crippen molar-refractivity contribution < 1.29 is 14.0 Å². The van der Waals surface area contributed by atoms with Gasteiger partial charge in [-0.3, -0.25) is 9.59 Å². The Hall–Kier alpha value is -3.34. The first-order chi connectivity index (χ1) is 14.4. The third-order valence-electron chi connectivity index (χ3n) is 5.69. The van der Waals surface area contributed by atoms with Gasteiger partial charge in [0.25, 0.3) is 5.91 Å². The number of hydrogen-bond donors (Lipinski definition) is 1. The van der Waals surface area contributed by atoms with Crippen LogP contribution in [-0.2, 0) is 23.2 Å². The van der Waals surface area contributed by atoms with E-state index in [2.05, 4.69) is 17.4 Å². The van der Waals surface area contributed by atoms with E-state index < -0.39 is 5.41 Å². The number of aryl methyl sites for hydroxylation is 1. The van der Waals surface area contributed by atoms with Gasteiger partial charge in [0, 0.05) is 17.8 Å². The van der Waals surface area contributed by atoms with E-state index in [0.717, 1.165) is 23.4 Å². The summed E-state index contributed by atoms with van der Waals surface area (Å²) in [6, 6.07) is 19.4. The van der Waals surface area contributed by atoms with E-state index in [1.165, 1.54) is 5.56 Å². The van der Waals surface area contributed by atoms with E-state index in [0.29, 0.717) is 24.4 Å². The van der Waals surface area contributed by atoms with Crippen molar-refractivity contribution in [2.24, 2.45) is 0 Å². The van der Waals surface area contributed by atoms with Crippen LogP contribution in [0.5, 0.6) is 0 Å². The molecular formula is C25H26N2O3. The number of anilines is 1. The van der Waals surface area contributed by atoms with Crippen molar-refractivity contribution in [1.29, 1.82) is 0 Å². The summed E-state index contributed by atoms with van der Waals surface area (Å²) in [7, 11) is 0. The maximum Gasteiger partial charge on any atom is 0.251 e. The predicted octanol–water partition coefficient (Wildman–Crippen LogP) is 4.38. The smallest absolute Gasteiger partial charge is 0.251 e. The van der Waals surface area contributed by atoms with Crippen LogP contribution in [0.2, 0.25) is 0 Å². The Morgan fingerprint density at radius 2 is 1.83 bits per heavy atom. The van der Waals surface area contributed by atoms with E-state index in [-0.39, 0.29) is 11.8 Å². The molecule has 1 N–H and O–H groups in total. The molecule has 1 aliphatic heterocycles. The van der Waals surface area contributed by atoms with Crippen molar-refractivity contribution in [2.75, 3.05) is 11.4 Å². The standard InChI is InChI=1S/C25H26N2O3/c1-17-9-11-20(30-17)16-26-23(28)19-10-12-21-22(15-19)27(24(29)25(21,2)3)14-13-18-7-5-4-6-8-18/h4-12,15H,13-14,16H2,1-3H3,(H,26,28). The lowest BCUT2D eigenvalue weighted by Gasteiger charge is -2.20. The molecule has 1 aliphatic rings. The van der Waals surface area contributed by atoms with E-state index in [4.69, 9.17) is 4.42 Å². The highest BCUT2D eigenvalue weighted by atomic mass is 16.3. The molecule has 0 spiro atoms. The molecule has 0 bridgehead atoms. The number of hydrogen-bond acceptors (Lipinski definition) is 3. The molecule has 5 heteroatoms.